The van der Waals surface area contributed by atoms with Crippen molar-refractivity contribution >= 4 is 16.3 Å². The second-order valence-electron chi connectivity index (χ2n) is 5.02. The normalized spacial score (nSPS) is 20.5. The van der Waals surface area contributed by atoms with E-state index in [1.54, 1.807) is 0 Å². The molecule has 2 aromatic rings. The zero-order valence-electron chi connectivity index (χ0n) is 11.3. The number of ether oxygens (including phenoxy) is 1. The Kier molecular flexibility index (Phi) is 3.28. The molecule has 7 heteroatoms. The van der Waals surface area contributed by atoms with E-state index in [9.17, 15) is 0 Å². The standard InChI is InChI=1S/C12H19N5OS/c1-3-12(13,4-2)10-16-17-9(8-6-5-7-18-8)14-15-11(17)19-10/h8H,3-7,13H2,1-2H3. The monoisotopic (exact) mass is 281 g/mol. The largest absolute Gasteiger partial charge is 0.370 e. The van der Waals surface area contributed by atoms with Crippen LogP contribution in [0.5, 0.6) is 0 Å². The molecular formula is C12H19N5OS. The van der Waals surface area contributed by atoms with Crippen molar-refractivity contribution in [2.75, 3.05) is 6.61 Å². The third-order valence-electron chi connectivity index (χ3n) is 3.92. The highest BCUT2D eigenvalue weighted by Gasteiger charge is 2.30. The quantitative estimate of drug-likeness (QED) is 0.927. The van der Waals surface area contributed by atoms with E-state index in [1.165, 1.54) is 11.3 Å². The Morgan fingerprint density at radius 2 is 2.21 bits per heavy atom. The van der Waals surface area contributed by atoms with E-state index in [2.05, 4.69) is 29.1 Å². The fraction of sp³-hybridized carbons (Fsp3) is 0.750. The Hall–Kier alpha value is -1.05. The van der Waals surface area contributed by atoms with Crippen LogP contribution in [0, 0.1) is 0 Å². The summed E-state index contributed by atoms with van der Waals surface area (Å²) in [6, 6.07) is 0. The smallest absolute Gasteiger partial charge is 0.234 e. The average Bonchev–Trinajstić information content (AvgIpc) is 3.12. The summed E-state index contributed by atoms with van der Waals surface area (Å²) >= 11 is 1.53. The zero-order chi connectivity index (χ0) is 13.5. The lowest BCUT2D eigenvalue weighted by atomic mass is 9.95. The van der Waals surface area contributed by atoms with Crippen LogP contribution < -0.4 is 5.73 Å². The van der Waals surface area contributed by atoms with Gasteiger partial charge in [-0.05, 0) is 25.7 Å². The molecule has 2 aromatic heterocycles. The molecule has 1 aliphatic heterocycles. The molecule has 1 fully saturated rings. The molecule has 1 saturated heterocycles. The Balaban J connectivity index is 2.02. The van der Waals surface area contributed by atoms with E-state index in [-0.39, 0.29) is 11.6 Å². The molecular weight excluding hydrogens is 262 g/mol. The van der Waals surface area contributed by atoms with Crippen LogP contribution in [-0.4, -0.2) is 26.4 Å². The van der Waals surface area contributed by atoms with Crippen molar-refractivity contribution in [2.45, 2.75) is 51.2 Å². The number of nitrogens with zero attached hydrogens (tertiary/aromatic N) is 4. The van der Waals surface area contributed by atoms with Gasteiger partial charge in [0.1, 0.15) is 11.1 Å². The van der Waals surface area contributed by atoms with E-state index < -0.39 is 0 Å². The Bertz CT molecular complexity index is 568. The Morgan fingerprint density at radius 1 is 1.42 bits per heavy atom. The van der Waals surface area contributed by atoms with E-state index in [1.807, 2.05) is 4.52 Å². The van der Waals surface area contributed by atoms with E-state index in [4.69, 9.17) is 10.5 Å². The minimum absolute atomic E-state index is 0.0281. The summed E-state index contributed by atoms with van der Waals surface area (Å²) < 4.78 is 7.47. The van der Waals surface area contributed by atoms with Crippen molar-refractivity contribution < 1.29 is 4.74 Å². The number of hydrogen-bond acceptors (Lipinski definition) is 6. The molecule has 0 amide bonds. The molecule has 104 valence electrons. The van der Waals surface area contributed by atoms with Gasteiger partial charge in [-0.1, -0.05) is 25.2 Å². The molecule has 1 atom stereocenters. The predicted octanol–water partition coefficient (Wildman–Crippen LogP) is 2.01. The molecule has 0 radical (unpaired) electrons. The van der Waals surface area contributed by atoms with Gasteiger partial charge in [0.15, 0.2) is 5.82 Å². The molecule has 1 unspecified atom stereocenters. The minimum Gasteiger partial charge on any atom is -0.370 e. The van der Waals surface area contributed by atoms with Crippen molar-refractivity contribution in [3.05, 3.63) is 10.8 Å². The Morgan fingerprint density at radius 3 is 2.84 bits per heavy atom. The van der Waals surface area contributed by atoms with E-state index >= 15 is 0 Å². The number of hydrogen-bond donors (Lipinski definition) is 1. The van der Waals surface area contributed by atoms with Crippen LogP contribution in [0.1, 0.15) is 56.5 Å². The van der Waals surface area contributed by atoms with E-state index in [0.29, 0.717) is 0 Å². The van der Waals surface area contributed by atoms with Crippen LogP contribution in [0.3, 0.4) is 0 Å². The van der Waals surface area contributed by atoms with Gasteiger partial charge in [0.05, 0.1) is 5.54 Å². The van der Waals surface area contributed by atoms with Crippen LogP contribution in [-0.2, 0) is 10.3 Å². The fourth-order valence-corrected chi connectivity index (χ4v) is 3.46. The summed E-state index contributed by atoms with van der Waals surface area (Å²) in [5, 5.41) is 14.0. The van der Waals surface area contributed by atoms with Crippen molar-refractivity contribution in [3.63, 3.8) is 0 Å². The molecule has 1 aliphatic rings. The number of fused-ring (bicyclic) bond motifs is 1. The molecule has 0 aliphatic carbocycles. The van der Waals surface area contributed by atoms with Gasteiger partial charge >= 0.3 is 0 Å². The molecule has 2 N–H and O–H groups in total. The Labute approximate surface area is 116 Å². The predicted molar refractivity (Wildman–Crippen MR) is 73.0 cm³/mol. The molecule has 0 saturated carbocycles. The molecule has 6 nitrogen and oxygen atoms in total. The van der Waals surface area contributed by atoms with Gasteiger partial charge in [-0.3, -0.25) is 0 Å². The zero-order valence-corrected chi connectivity index (χ0v) is 12.1. The van der Waals surface area contributed by atoms with Crippen LogP contribution in [0.2, 0.25) is 0 Å². The van der Waals surface area contributed by atoms with Crippen LogP contribution >= 0.6 is 11.3 Å². The van der Waals surface area contributed by atoms with Crippen LogP contribution in [0.25, 0.3) is 4.96 Å². The van der Waals surface area contributed by atoms with Crippen molar-refractivity contribution in [2.24, 2.45) is 5.73 Å². The summed E-state index contributed by atoms with van der Waals surface area (Å²) in [5.74, 6) is 0.810. The number of nitrogens with two attached hydrogens (primary N) is 1. The van der Waals surface area contributed by atoms with Gasteiger partial charge in [0.2, 0.25) is 4.96 Å². The van der Waals surface area contributed by atoms with Crippen molar-refractivity contribution in [1.82, 2.24) is 19.8 Å². The number of rotatable bonds is 4. The highest BCUT2D eigenvalue weighted by atomic mass is 32.1. The topological polar surface area (TPSA) is 78.3 Å². The lowest BCUT2D eigenvalue weighted by Gasteiger charge is -2.22. The lowest BCUT2D eigenvalue weighted by Crippen LogP contribution is -2.35. The van der Waals surface area contributed by atoms with Crippen LogP contribution in [0.15, 0.2) is 0 Å². The fourth-order valence-electron chi connectivity index (χ4n) is 2.37. The van der Waals surface area contributed by atoms with Crippen molar-refractivity contribution in [3.8, 4) is 0 Å². The summed E-state index contributed by atoms with van der Waals surface area (Å²) in [4.78, 5) is 0.803. The van der Waals surface area contributed by atoms with Gasteiger partial charge in [0.25, 0.3) is 0 Å². The second-order valence-corrected chi connectivity index (χ2v) is 5.98. The summed E-state index contributed by atoms with van der Waals surface area (Å²) in [7, 11) is 0. The van der Waals surface area contributed by atoms with Gasteiger partial charge < -0.3 is 10.5 Å². The first-order chi connectivity index (χ1) is 9.18. The van der Waals surface area contributed by atoms with Gasteiger partial charge in [0, 0.05) is 6.61 Å². The molecule has 3 rings (SSSR count). The summed E-state index contributed by atoms with van der Waals surface area (Å²) in [6.45, 7) is 4.97. The minimum atomic E-state index is -0.362. The summed E-state index contributed by atoms with van der Waals surface area (Å²) in [6.07, 6.45) is 3.82. The maximum Gasteiger partial charge on any atom is 0.234 e. The van der Waals surface area contributed by atoms with E-state index in [0.717, 1.165) is 48.1 Å². The highest BCUT2D eigenvalue weighted by molar-refractivity contribution is 7.16. The molecule has 0 bridgehead atoms. The lowest BCUT2D eigenvalue weighted by molar-refractivity contribution is 0.103. The van der Waals surface area contributed by atoms with Crippen molar-refractivity contribution in [1.29, 1.82) is 0 Å². The van der Waals surface area contributed by atoms with Gasteiger partial charge in [-0.25, -0.2) is 0 Å². The maximum absolute atomic E-state index is 6.40. The van der Waals surface area contributed by atoms with Gasteiger partial charge in [-0.2, -0.15) is 9.61 Å². The maximum atomic E-state index is 6.40. The van der Waals surface area contributed by atoms with Gasteiger partial charge in [-0.15, -0.1) is 10.2 Å². The molecule has 3 heterocycles. The van der Waals surface area contributed by atoms with Crippen LogP contribution in [0.4, 0.5) is 0 Å². The molecule has 0 aromatic carbocycles. The molecule has 19 heavy (non-hydrogen) atoms. The first kappa shape index (κ1) is 13.0. The average molecular weight is 281 g/mol. The number of aromatic nitrogens is 4. The second kappa shape index (κ2) is 4.81. The summed E-state index contributed by atoms with van der Waals surface area (Å²) in [5.41, 5.74) is 6.04. The first-order valence-corrected chi connectivity index (χ1v) is 7.62. The first-order valence-electron chi connectivity index (χ1n) is 6.81. The highest BCUT2D eigenvalue weighted by Crippen LogP contribution is 2.32. The third-order valence-corrected chi connectivity index (χ3v) is 5.04. The molecule has 0 spiro atoms. The third kappa shape index (κ3) is 2.05. The SMILES string of the molecule is CCC(N)(CC)c1nn2c(C3CCCO3)nnc2s1.